The molecule has 3 heteroatoms. The fourth-order valence-corrected chi connectivity index (χ4v) is 2.14. The summed E-state index contributed by atoms with van der Waals surface area (Å²) >= 11 is 0. The highest BCUT2D eigenvalue weighted by Crippen LogP contribution is 2.15. The normalized spacial score (nSPS) is 12.8. The van der Waals surface area contributed by atoms with E-state index in [0.717, 1.165) is 18.8 Å². The van der Waals surface area contributed by atoms with E-state index in [-0.39, 0.29) is 0 Å². The number of nitrogens with one attached hydrogen (secondary N) is 1. The van der Waals surface area contributed by atoms with Crippen LogP contribution in [0.25, 0.3) is 0 Å². The van der Waals surface area contributed by atoms with Crippen molar-refractivity contribution in [2.45, 2.75) is 19.5 Å². The van der Waals surface area contributed by atoms with Gasteiger partial charge >= 0.3 is 0 Å². The minimum absolute atomic E-state index is 0.306. The summed E-state index contributed by atoms with van der Waals surface area (Å²) in [6.07, 6.45) is 1.75. The van der Waals surface area contributed by atoms with E-state index in [1.54, 1.807) is 6.26 Å². The van der Waals surface area contributed by atoms with Gasteiger partial charge in [-0.1, -0.05) is 30.3 Å². The third kappa shape index (κ3) is 3.94. The number of furan rings is 1. The van der Waals surface area contributed by atoms with Gasteiger partial charge in [-0.25, -0.2) is 0 Å². The molecular formula is C16H22N2O. The molecule has 1 heterocycles. The third-order valence-electron chi connectivity index (χ3n) is 3.23. The Hall–Kier alpha value is -1.58. The highest BCUT2D eigenvalue weighted by molar-refractivity contribution is 5.20. The Bertz CT molecular complexity index is 490. The lowest BCUT2D eigenvalue weighted by Gasteiger charge is -2.22. The number of hydrogen-bond donors (Lipinski definition) is 1. The van der Waals surface area contributed by atoms with E-state index in [2.05, 4.69) is 55.5 Å². The largest absolute Gasteiger partial charge is 0.468 e. The number of rotatable bonds is 6. The SMILES string of the molecule is Cc1ccoc1CNC(CN(C)C)c1ccccc1. The van der Waals surface area contributed by atoms with Gasteiger partial charge in [-0.15, -0.1) is 0 Å². The van der Waals surface area contributed by atoms with Crippen LogP contribution >= 0.6 is 0 Å². The van der Waals surface area contributed by atoms with Gasteiger partial charge < -0.3 is 14.6 Å². The molecule has 0 amide bonds. The van der Waals surface area contributed by atoms with Gasteiger partial charge in [-0.05, 0) is 38.2 Å². The summed E-state index contributed by atoms with van der Waals surface area (Å²) in [6.45, 7) is 3.79. The van der Waals surface area contributed by atoms with Crippen molar-refractivity contribution in [1.29, 1.82) is 0 Å². The van der Waals surface area contributed by atoms with Gasteiger partial charge in [-0.3, -0.25) is 0 Å². The Balaban J connectivity index is 2.04. The molecule has 0 aliphatic carbocycles. The van der Waals surface area contributed by atoms with Crippen molar-refractivity contribution in [2.24, 2.45) is 0 Å². The van der Waals surface area contributed by atoms with Crippen LogP contribution in [0.4, 0.5) is 0 Å². The molecule has 0 fully saturated rings. The first-order valence-electron chi connectivity index (χ1n) is 6.63. The Labute approximate surface area is 115 Å². The summed E-state index contributed by atoms with van der Waals surface area (Å²) in [5, 5.41) is 3.58. The Morgan fingerprint density at radius 1 is 1.16 bits per heavy atom. The molecule has 1 aromatic carbocycles. The second-order valence-electron chi connectivity index (χ2n) is 5.13. The summed E-state index contributed by atoms with van der Waals surface area (Å²) in [7, 11) is 4.19. The number of benzene rings is 1. The van der Waals surface area contributed by atoms with Crippen LogP contribution in [0.1, 0.15) is 22.9 Å². The minimum Gasteiger partial charge on any atom is -0.468 e. The van der Waals surface area contributed by atoms with Crippen molar-refractivity contribution in [2.75, 3.05) is 20.6 Å². The molecule has 1 N–H and O–H groups in total. The second kappa shape index (κ2) is 6.55. The van der Waals surface area contributed by atoms with Crippen molar-refractivity contribution in [3.05, 3.63) is 59.5 Å². The fourth-order valence-electron chi connectivity index (χ4n) is 2.14. The van der Waals surface area contributed by atoms with Crippen molar-refractivity contribution in [3.8, 4) is 0 Å². The summed E-state index contributed by atoms with van der Waals surface area (Å²) in [4.78, 5) is 2.19. The predicted molar refractivity (Wildman–Crippen MR) is 78.0 cm³/mol. The maximum Gasteiger partial charge on any atom is 0.120 e. The van der Waals surface area contributed by atoms with E-state index in [1.807, 2.05) is 12.1 Å². The van der Waals surface area contributed by atoms with E-state index in [9.17, 15) is 0 Å². The number of nitrogens with zero attached hydrogens (tertiary/aromatic N) is 1. The Morgan fingerprint density at radius 2 is 1.89 bits per heavy atom. The molecule has 0 radical (unpaired) electrons. The van der Waals surface area contributed by atoms with E-state index < -0.39 is 0 Å². The molecule has 0 bridgehead atoms. The topological polar surface area (TPSA) is 28.4 Å². The van der Waals surface area contributed by atoms with Crippen LogP contribution < -0.4 is 5.32 Å². The van der Waals surface area contributed by atoms with E-state index in [4.69, 9.17) is 4.42 Å². The lowest BCUT2D eigenvalue weighted by atomic mass is 10.1. The first-order chi connectivity index (χ1) is 9.16. The van der Waals surface area contributed by atoms with Gasteiger partial charge in [0.1, 0.15) is 5.76 Å². The maximum atomic E-state index is 5.48. The highest BCUT2D eigenvalue weighted by atomic mass is 16.3. The maximum absolute atomic E-state index is 5.48. The number of aryl methyl sites for hydroxylation is 1. The summed E-state index contributed by atoms with van der Waals surface area (Å²) in [5.74, 6) is 1.01. The average molecular weight is 258 g/mol. The molecule has 3 nitrogen and oxygen atoms in total. The Morgan fingerprint density at radius 3 is 2.47 bits per heavy atom. The van der Waals surface area contributed by atoms with Gasteiger partial charge in [0, 0.05) is 12.6 Å². The summed E-state index contributed by atoms with van der Waals surface area (Å²) in [5.41, 5.74) is 2.50. The molecule has 0 spiro atoms. The van der Waals surface area contributed by atoms with Crippen LogP contribution in [0.2, 0.25) is 0 Å². The molecule has 1 aromatic heterocycles. The molecule has 102 valence electrons. The van der Waals surface area contributed by atoms with Crippen molar-refractivity contribution in [3.63, 3.8) is 0 Å². The first kappa shape index (κ1) is 13.8. The monoisotopic (exact) mass is 258 g/mol. The summed E-state index contributed by atoms with van der Waals surface area (Å²) < 4.78 is 5.48. The second-order valence-corrected chi connectivity index (χ2v) is 5.13. The minimum atomic E-state index is 0.306. The zero-order valence-corrected chi connectivity index (χ0v) is 11.9. The first-order valence-corrected chi connectivity index (χ1v) is 6.63. The van der Waals surface area contributed by atoms with E-state index in [1.165, 1.54) is 11.1 Å². The fraction of sp³-hybridized carbons (Fsp3) is 0.375. The molecule has 1 atom stereocenters. The molecular weight excluding hydrogens is 236 g/mol. The van der Waals surface area contributed by atoms with Crippen LogP contribution in [0.5, 0.6) is 0 Å². The van der Waals surface area contributed by atoms with E-state index >= 15 is 0 Å². The van der Waals surface area contributed by atoms with Gasteiger partial charge in [0.25, 0.3) is 0 Å². The molecule has 0 saturated heterocycles. The van der Waals surface area contributed by atoms with Crippen molar-refractivity contribution in [1.82, 2.24) is 10.2 Å². The molecule has 0 aliphatic rings. The number of likely N-dealkylation sites (N-methyl/N-ethyl adjacent to an activating group) is 1. The van der Waals surface area contributed by atoms with Crippen LogP contribution in [-0.4, -0.2) is 25.5 Å². The third-order valence-corrected chi connectivity index (χ3v) is 3.23. The lowest BCUT2D eigenvalue weighted by molar-refractivity contribution is 0.332. The van der Waals surface area contributed by atoms with Crippen LogP contribution in [0.3, 0.4) is 0 Å². The van der Waals surface area contributed by atoms with Crippen molar-refractivity contribution < 1.29 is 4.42 Å². The van der Waals surface area contributed by atoms with Gasteiger partial charge in [0.05, 0.1) is 12.8 Å². The lowest BCUT2D eigenvalue weighted by Crippen LogP contribution is -2.30. The van der Waals surface area contributed by atoms with Gasteiger partial charge in [-0.2, -0.15) is 0 Å². The number of hydrogen-bond acceptors (Lipinski definition) is 3. The standard InChI is InChI=1S/C16H22N2O/c1-13-9-10-19-16(13)11-17-15(12-18(2)3)14-7-5-4-6-8-14/h4-10,15,17H,11-12H2,1-3H3. The van der Waals surface area contributed by atoms with E-state index in [0.29, 0.717) is 6.04 Å². The zero-order chi connectivity index (χ0) is 13.7. The predicted octanol–water partition coefficient (Wildman–Crippen LogP) is 2.98. The molecule has 0 aliphatic heterocycles. The van der Waals surface area contributed by atoms with Gasteiger partial charge in [0.2, 0.25) is 0 Å². The Kier molecular flexibility index (Phi) is 4.77. The van der Waals surface area contributed by atoms with Crippen LogP contribution in [0.15, 0.2) is 47.1 Å². The molecule has 0 saturated carbocycles. The molecule has 2 rings (SSSR count). The molecule has 19 heavy (non-hydrogen) atoms. The molecule has 1 unspecified atom stereocenters. The zero-order valence-electron chi connectivity index (χ0n) is 11.9. The van der Waals surface area contributed by atoms with Gasteiger partial charge in [0.15, 0.2) is 0 Å². The summed E-state index contributed by atoms with van der Waals surface area (Å²) in [6, 6.07) is 12.8. The van der Waals surface area contributed by atoms with Crippen molar-refractivity contribution >= 4 is 0 Å². The quantitative estimate of drug-likeness (QED) is 0.863. The highest BCUT2D eigenvalue weighted by Gasteiger charge is 2.13. The smallest absolute Gasteiger partial charge is 0.120 e. The van der Waals surface area contributed by atoms with Crippen LogP contribution in [0, 0.1) is 6.92 Å². The molecule has 2 aromatic rings. The average Bonchev–Trinajstić information content (AvgIpc) is 2.81. The van der Waals surface area contributed by atoms with Crippen LogP contribution in [-0.2, 0) is 6.54 Å².